The highest BCUT2D eigenvalue weighted by Gasteiger charge is 2.17. The fourth-order valence-electron chi connectivity index (χ4n) is 2.68. The molecule has 1 aromatic carbocycles. The summed E-state index contributed by atoms with van der Waals surface area (Å²) >= 11 is 6.22. The molecule has 134 valence electrons. The maximum atomic E-state index is 12.3. The van der Waals surface area contributed by atoms with Crippen molar-refractivity contribution in [2.45, 2.75) is 13.0 Å². The van der Waals surface area contributed by atoms with E-state index in [0.29, 0.717) is 41.1 Å². The van der Waals surface area contributed by atoms with Gasteiger partial charge in [0.2, 0.25) is 5.91 Å². The summed E-state index contributed by atoms with van der Waals surface area (Å²) in [5.41, 5.74) is 0.470. The highest BCUT2D eigenvalue weighted by molar-refractivity contribution is 6.34. The molecule has 26 heavy (non-hydrogen) atoms. The lowest BCUT2D eigenvalue weighted by Crippen LogP contribution is -2.28. The Kier molecular flexibility index (Phi) is 4.26. The predicted octanol–water partition coefficient (Wildman–Crippen LogP) is 1.95. The molecule has 0 aliphatic carbocycles. The van der Waals surface area contributed by atoms with Gasteiger partial charge in [-0.1, -0.05) is 17.7 Å². The van der Waals surface area contributed by atoms with Crippen LogP contribution in [0.1, 0.15) is 6.42 Å². The van der Waals surface area contributed by atoms with Crippen LogP contribution in [0.25, 0.3) is 5.65 Å². The Hall–Kier alpha value is -3.00. The number of nitrogens with one attached hydrogen (secondary N) is 1. The molecule has 2 aromatic heterocycles. The van der Waals surface area contributed by atoms with Crippen LogP contribution in [0.3, 0.4) is 0 Å². The molecular weight excluding hydrogens is 360 g/mol. The van der Waals surface area contributed by atoms with E-state index in [2.05, 4.69) is 10.4 Å². The van der Waals surface area contributed by atoms with Crippen molar-refractivity contribution in [3.63, 3.8) is 0 Å². The molecule has 0 spiro atoms. The molecule has 1 aliphatic heterocycles. The van der Waals surface area contributed by atoms with Crippen LogP contribution in [0.4, 0.5) is 5.69 Å². The van der Waals surface area contributed by atoms with Gasteiger partial charge in [-0.15, -0.1) is 5.10 Å². The average molecular weight is 375 g/mol. The van der Waals surface area contributed by atoms with Crippen LogP contribution in [0, 0.1) is 0 Å². The number of hydrogen-bond acceptors (Lipinski definition) is 5. The molecule has 0 unspecified atom stereocenters. The van der Waals surface area contributed by atoms with Gasteiger partial charge in [0.05, 0.1) is 23.9 Å². The number of nitrogens with zero attached hydrogens (tertiary/aromatic N) is 3. The molecule has 4 rings (SSSR count). The fourth-order valence-corrected chi connectivity index (χ4v) is 2.88. The van der Waals surface area contributed by atoms with Gasteiger partial charge in [-0.05, 0) is 12.1 Å². The molecule has 8 nitrogen and oxygen atoms in total. The van der Waals surface area contributed by atoms with Crippen LogP contribution in [0.2, 0.25) is 5.02 Å². The van der Waals surface area contributed by atoms with E-state index in [1.165, 1.54) is 4.40 Å². The largest absolute Gasteiger partial charge is 0.490 e. The number of carbonyl (C=O) groups excluding carboxylic acids is 1. The normalized spacial score (nSPS) is 13.4. The van der Waals surface area contributed by atoms with E-state index in [0.717, 1.165) is 11.1 Å². The number of benzene rings is 1. The third-order valence-electron chi connectivity index (χ3n) is 3.89. The maximum Gasteiger partial charge on any atom is 0.350 e. The average Bonchev–Trinajstić information content (AvgIpc) is 2.79. The highest BCUT2D eigenvalue weighted by Crippen LogP contribution is 2.37. The molecule has 0 radical (unpaired) electrons. The van der Waals surface area contributed by atoms with E-state index in [1.807, 2.05) is 0 Å². The van der Waals surface area contributed by atoms with Crippen molar-refractivity contribution < 1.29 is 14.3 Å². The van der Waals surface area contributed by atoms with Crippen molar-refractivity contribution in [3.05, 3.63) is 52.0 Å². The smallest absolute Gasteiger partial charge is 0.350 e. The second kappa shape index (κ2) is 6.72. The molecule has 0 fully saturated rings. The molecular formula is C17H15ClN4O4. The summed E-state index contributed by atoms with van der Waals surface area (Å²) in [6.45, 7) is 0.843. The number of hydrogen-bond donors (Lipinski definition) is 1. The first-order valence-electron chi connectivity index (χ1n) is 8.05. The number of fused-ring (bicyclic) bond motifs is 2. The summed E-state index contributed by atoms with van der Waals surface area (Å²) in [4.78, 5) is 24.6. The molecule has 0 saturated heterocycles. The predicted molar refractivity (Wildman–Crippen MR) is 95.1 cm³/mol. The summed E-state index contributed by atoms with van der Waals surface area (Å²) in [6, 6.07) is 8.40. The zero-order valence-corrected chi connectivity index (χ0v) is 14.4. The third-order valence-corrected chi connectivity index (χ3v) is 4.21. The lowest BCUT2D eigenvalue weighted by molar-refractivity contribution is -0.117. The summed E-state index contributed by atoms with van der Waals surface area (Å²) in [5.74, 6) is 0.640. The van der Waals surface area contributed by atoms with Crippen LogP contribution in [0.5, 0.6) is 11.5 Å². The number of halogens is 1. The first-order chi connectivity index (χ1) is 12.6. The quantitative estimate of drug-likeness (QED) is 0.757. The van der Waals surface area contributed by atoms with Crippen molar-refractivity contribution in [1.29, 1.82) is 0 Å². The number of ether oxygens (including phenoxy) is 2. The number of anilines is 1. The number of rotatable bonds is 3. The first kappa shape index (κ1) is 16.5. The lowest BCUT2D eigenvalue weighted by atomic mass is 10.2. The standard InChI is InChI=1S/C17H15ClN4O4/c18-11-8-13-14(26-7-3-6-25-13)9-12(11)19-16(23)10-22-17(24)21-5-2-1-4-15(21)20-22/h1-2,4-5,8-9H,3,6-7,10H2,(H,19,23). The van der Waals surface area contributed by atoms with Gasteiger partial charge in [-0.3, -0.25) is 9.20 Å². The van der Waals surface area contributed by atoms with Crippen LogP contribution in [-0.2, 0) is 11.3 Å². The lowest BCUT2D eigenvalue weighted by Gasteiger charge is -2.12. The number of amides is 1. The Labute approximate surface area is 152 Å². The van der Waals surface area contributed by atoms with Crippen LogP contribution < -0.4 is 20.5 Å². The third kappa shape index (κ3) is 3.11. The van der Waals surface area contributed by atoms with Gasteiger partial charge in [0.15, 0.2) is 17.1 Å². The van der Waals surface area contributed by atoms with Crippen molar-refractivity contribution in [3.8, 4) is 11.5 Å². The highest BCUT2D eigenvalue weighted by atomic mass is 35.5. The monoisotopic (exact) mass is 374 g/mol. The Morgan fingerprint density at radius 2 is 2.00 bits per heavy atom. The molecule has 3 heterocycles. The van der Waals surface area contributed by atoms with Crippen molar-refractivity contribution >= 4 is 28.8 Å². The van der Waals surface area contributed by atoms with E-state index < -0.39 is 5.91 Å². The molecule has 1 N–H and O–H groups in total. The zero-order chi connectivity index (χ0) is 18.1. The van der Waals surface area contributed by atoms with Crippen molar-refractivity contribution in [1.82, 2.24) is 14.2 Å². The van der Waals surface area contributed by atoms with Crippen molar-refractivity contribution in [2.75, 3.05) is 18.5 Å². The van der Waals surface area contributed by atoms with Crippen LogP contribution >= 0.6 is 11.6 Å². The van der Waals surface area contributed by atoms with E-state index >= 15 is 0 Å². The Balaban J connectivity index is 1.55. The molecule has 0 bridgehead atoms. The maximum absolute atomic E-state index is 12.3. The molecule has 1 amide bonds. The van der Waals surface area contributed by atoms with Crippen LogP contribution in [-0.4, -0.2) is 33.3 Å². The Morgan fingerprint density at radius 1 is 1.23 bits per heavy atom. The van der Waals surface area contributed by atoms with Gasteiger partial charge in [-0.25, -0.2) is 9.48 Å². The first-order valence-corrected chi connectivity index (χ1v) is 8.43. The Morgan fingerprint density at radius 3 is 2.77 bits per heavy atom. The minimum absolute atomic E-state index is 0.231. The van der Waals surface area contributed by atoms with Crippen molar-refractivity contribution in [2.24, 2.45) is 0 Å². The summed E-state index contributed by atoms with van der Waals surface area (Å²) in [5, 5.41) is 7.14. The van der Waals surface area contributed by atoms with E-state index in [9.17, 15) is 9.59 Å². The Bertz CT molecular complexity index is 1040. The van der Waals surface area contributed by atoms with E-state index in [4.69, 9.17) is 21.1 Å². The second-order valence-corrected chi connectivity index (χ2v) is 6.15. The minimum atomic E-state index is -0.424. The van der Waals surface area contributed by atoms with Gasteiger partial charge in [-0.2, -0.15) is 0 Å². The zero-order valence-electron chi connectivity index (χ0n) is 13.6. The summed E-state index contributed by atoms with van der Waals surface area (Å²) in [7, 11) is 0. The summed E-state index contributed by atoms with van der Waals surface area (Å²) in [6.07, 6.45) is 2.37. The summed E-state index contributed by atoms with van der Waals surface area (Å²) < 4.78 is 13.6. The van der Waals surface area contributed by atoms with E-state index in [1.54, 1.807) is 36.5 Å². The molecule has 1 aliphatic rings. The topological polar surface area (TPSA) is 86.9 Å². The molecule has 3 aromatic rings. The van der Waals surface area contributed by atoms with Gasteiger partial charge in [0, 0.05) is 24.8 Å². The number of carbonyl (C=O) groups is 1. The fraction of sp³-hybridized carbons (Fsp3) is 0.235. The SMILES string of the molecule is O=C(Cn1nc2ccccn2c1=O)Nc1cc2c(cc1Cl)OCCCO2. The van der Waals surface area contributed by atoms with E-state index in [-0.39, 0.29) is 12.2 Å². The van der Waals surface area contributed by atoms with Gasteiger partial charge in [0.1, 0.15) is 6.54 Å². The molecule has 9 heteroatoms. The van der Waals surface area contributed by atoms with Gasteiger partial charge < -0.3 is 14.8 Å². The minimum Gasteiger partial charge on any atom is -0.490 e. The molecule has 0 saturated carbocycles. The molecule has 0 atom stereocenters. The van der Waals surface area contributed by atoms with Crippen LogP contribution in [0.15, 0.2) is 41.3 Å². The number of aromatic nitrogens is 3. The van der Waals surface area contributed by atoms with Gasteiger partial charge in [0.25, 0.3) is 0 Å². The number of pyridine rings is 1. The van der Waals surface area contributed by atoms with Gasteiger partial charge >= 0.3 is 5.69 Å². The second-order valence-electron chi connectivity index (χ2n) is 5.75.